The van der Waals surface area contributed by atoms with Crippen LogP contribution in [0.1, 0.15) is 12.7 Å². The third-order valence-electron chi connectivity index (χ3n) is 1.95. The van der Waals surface area contributed by atoms with Gasteiger partial charge in [-0.3, -0.25) is 15.2 Å². The van der Waals surface area contributed by atoms with Crippen molar-refractivity contribution in [1.82, 2.24) is 20.5 Å². The molecule has 1 aromatic heterocycles. The van der Waals surface area contributed by atoms with Crippen LogP contribution in [0.2, 0.25) is 0 Å². The van der Waals surface area contributed by atoms with Crippen molar-refractivity contribution in [2.45, 2.75) is 13.1 Å². The van der Waals surface area contributed by atoms with Crippen molar-refractivity contribution in [2.75, 3.05) is 18.9 Å². The smallest absolute Gasteiger partial charge is 0.319 e. The lowest BCUT2D eigenvalue weighted by Gasteiger charge is -2.08. The first kappa shape index (κ1) is 13.4. The number of halogens is 3. The predicted molar refractivity (Wildman–Crippen MR) is 53.1 cm³/mol. The first-order chi connectivity index (χ1) is 7.84. The fourth-order valence-corrected chi connectivity index (χ4v) is 1.08. The maximum Gasteiger partial charge on any atom is 0.451 e. The van der Waals surface area contributed by atoms with Gasteiger partial charge in [-0.05, 0) is 7.05 Å². The fraction of sp³-hybridized carbons (Fsp3) is 0.625. The monoisotopic (exact) mass is 251 g/mol. The summed E-state index contributed by atoms with van der Waals surface area (Å²) in [6.45, 7) is 2.03. The van der Waals surface area contributed by atoms with Crippen molar-refractivity contribution in [2.24, 2.45) is 5.92 Å². The summed E-state index contributed by atoms with van der Waals surface area (Å²) in [7, 11) is 1.67. The van der Waals surface area contributed by atoms with Gasteiger partial charge in [0.15, 0.2) is 0 Å². The van der Waals surface area contributed by atoms with Gasteiger partial charge in [-0.25, -0.2) is 0 Å². The minimum Gasteiger partial charge on any atom is -0.319 e. The van der Waals surface area contributed by atoms with E-state index in [2.05, 4.69) is 20.7 Å². The Morgan fingerprint density at radius 3 is 2.65 bits per heavy atom. The SMILES string of the molecule is CNCC(C)C(=O)Nc1n[nH]c(C(F)(F)F)n1. The van der Waals surface area contributed by atoms with Crippen molar-refractivity contribution < 1.29 is 18.0 Å². The van der Waals surface area contributed by atoms with Gasteiger partial charge in [-0.1, -0.05) is 6.92 Å². The van der Waals surface area contributed by atoms with E-state index in [-0.39, 0.29) is 5.95 Å². The molecule has 6 nitrogen and oxygen atoms in total. The van der Waals surface area contributed by atoms with Crippen molar-refractivity contribution >= 4 is 11.9 Å². The lowest BCUT2D eigenvalue weighted by molar-refractivity contribution is -0.144. The van der Waals surface area contributed by atoms with E-state index in [1.165, 1.54) is 0 Å². The molecular weight excluding hydrogens is 239 g/mol. The van der Waals surface area contributed by atoms with Gasteiger partial charge >= 0.3 is 6.18 Å². The van der Waals surface area contributed by atoms with Gasteiger partial charge in [0.2, 0.25) is 17.7 Å². The first-order valence-electron chi connectivity index (χ1n) is 4.79. The lowest BCUT2D eigenvalue weighted by atomic mass is 10.2. The van der Waals surface area contributed by atoms with Crippen LogP contribution in [-0.4, -0.2) is 34.7 Å². The molecule has 0 aromatic carbocycles. The third-order valence-corrected chi connectivity index (χ3v) is 1.95. The summed E-state index contributed by atoms with van der Waals surface area (Å²) < 4.78 is 36.5. The number of aromatic nitrogens is 3. The van der Waals surface area contributed by atoms with Gasteiger partial charge in [0, 0.05) is 12.5 Å². The van der Waals surface area contributed by atoms with Crippen molar-refractivity contribution in [3.8, 4) is 0 Å². The highest BCUT2D eigenvalue weighted by Gasteiger charge is 2.35. The van der Waals surface area contributed by atoms with E-state index in [4.69, 9.17) is 0 Å². The average Bonchev–Trinajstić information content (AvgIpc) is 2.66. The molecule has 0 bridgehead atoms. The highest BCUT2D eigenvalue weighted by atomic mass is 19.4. The van der Waals surface area contributed by atoms with Gasteiger partial charge in [0.25, 0.3) is 0 Å². The number of alkyl halides is 3. The first-order valence-corrected chi connectivity index (χ1v) is 4.79. The van der Waals surface area contributed by atoms with Gasteiger partial charge in [-0.2, -0.15) is 18.2 Å². The van der Waals surface area contributed by atoms with Crippen LogP contribution in [0.3, 0.4) is 0 Å². The van der Waals surface area contributed by atoms with Crippen LogP contribution in [-0.2, 0) is 11.0 Å². The quantitative estimate of drug-likeness (QED) is 0.732. The molecule has 3 N–H and O–H groups in total. The van der Waals surface area contributed by atoms with Crippen LogP contribution in [0.25, 0.3) is 0 Å². The Hall–Kier alpha value is -1.64. The Balaban J connectivity index is 2.64. The molecule has 0 fully saturated rings. The van der Waals surface area contributed by atoms with E-state index in [0.717, 1.165) is 0 Å². The van der Waals surface area contributed by atoms with Crippen molar-refractivity contribution in [3.05, 3.63) is 5.82 Å². The maximum atomic E-state index is 12.2. The summed E-state index contributed by atoms with van der Waals surface area (Å²) in [5.41, 5.74) is 0. The van der Waals surface area contributed by atoms with Crippen LogP contribution in [0.5, 0.6) is 0 Å². The Morgan fingerprint density at radius 1 is 1.53 bits per heavy atom. The van der Waals surface area contributed by atoms with E-state index >= 15 is 0 Å². The van der Waals surface area contributed by atoms with Gasteiger partial charge in [0.05, 0.1) is 0 Å². The van der Waals surface area contributed by atoms with E-state index in [9.17, 15) is 18.0 Å². The summed E-state index contributed by atoms with van der Waals surface area (Å²) in [4.78, 5) is 14.6. The molecule has 1 amide bonds. The fourth-order valence-electron chi connectivity index (χ4n) is 1.08. The summed E-state index contributed by atoms with van der Waals surface area (Å²) in [5.74, 6) is -2.47. The summed E-state index contributed by atoms with van der Waals surface area (Å²) in [6, 6.07) is 0. The molecule has 0 aliphatic carbocycles. The molecule has 1 atom stereocenters. The molecule has 0 radical (unpaired) electrons. The number of aromatic amines is 1. The van der Waals surface area contributed by atoms with E-state index in [0.29, 0.717) is 6.54 Å². The van der Waals surface area contributed by atoms with Crippen LogP contribution >= 0.6 is 0 Å². The summed E-state index contributed by atoms with van der Waals surface area (Å²) in [6.07, 6.45) is -4.60. The number of amides is 1. The van der Waals surface area contributed by atoms with E-state index in [1.807, 2.05) is 0 Å². The number of rotatable bonds is 4. The number of nitrogens with zero attached hydrogens (tertiary/aromatic N) is 2. The molecule has 0 aliphatic rings. The minimum atomic E-state index is -4.60. The Labute approximate surface area is 95.0 Å². The zero-order valence-corrected chi connectivity index (χ0v) is 9.22. The molecule has 1 rings (SSSR count). The standard InChI is InChI=1S/C8H12F3N5O/c1-4(3-12-2)5(17)13-7-14-6(15-16-7)8(9,10)11/h4,12H,3H2,1-2H3,(H2,13,14,15,16,17). The Kier molecular flexibility index (Phi) is 4.05. The number of anilines is 1. The molecule has 0 saturated heterocycles. The molecule has 96 valence electrons. The van der Waals surface area contributed by atoms with Crippen molar-refractivity contribution in [1.29, 1.82) is 0 Å². The maximum absolute atomic E-state index is 12.2. The lowest BCUT2D eigenvalue weighted by Crippen LogP contribution is -2.29. The topological polar surface area (TPSA) is 82.7 Å². The van der Waals surface area contributed by atoms with Crippen molar-refractivity contribution in [3.63, 3.8) is 0 Å². The number of carbonyl (C=O) groups is 1. The molecule has 0 saturated carbocycles. The van der Waals surface area contributed by atoms with Gasteiger partial charge < -0.3 is 5.32 Å². The molecule has 9 heteroatoms. The van der Waals surface area contributed by atoms with Gasteiger partial charge in [0.1, 0.15) is 0 Å². The molecule has 1 aromatic rings. The van der Waals surface area contributed by atoms with Crippen LogP contribution in [0.4, 0.5) is 19.1 Å². The van der Waals surface area contributed by atoms with Crippen LogP contribution in [0, 0.1) is 5.92 Å². The largest absolute Gasteiger partial charge is 0.451 e. The molecule has 1 heterocycles. The van der Waals surface area contributed by atoms with Crippen LogP contribution in [0.15, 0.2) is 0 Å². The number of hydrogen-bond donors (Lipinski definition) is 3. The molecule has 17 heavy (non-hydrogen) atoms. The second kappa shape index (κ2) is 5.13. The summed E-state index contributed by atoms with van der Waals surface area (Å²) >= 11 is 0. The second-order valence-electron chi connectivity index (χ2n) is 3.45. The normalized spacial score (nSPS) is 13.5. The second-order valence-corrected chi connectivity index (χ2v) is 3.45. The van der Waals surface area contributed by atoms with E-state index in [1.54, 1.807) is 19.1 Å². The molecule has 0 aliphatic heterocycles. The third kappa shape index (κ3) is 3.70. The highest BCUT2D eigenvalue weighted by Crippen LogP contribution is 2.26. The Morgan fingerprint density at radius 2 is 2.18 bits per heavy atom. The predicted octanol–water partition coefficient (Wildman–Crippen LogP) is 0.617. The zero-order chi connectivity index (χ0) is 13.1. The highest BCUT2D eigenvalue weighted by molar-refractivity contribution is 5.90. The minimum absolute atomic E-state index is 0.384. The summed E-state index contributed by atoms with van der Waals surface area (Å²) in [5, 5.41) is 9.92. The zero-order valence-electron chi connectivity index (χ0n) is 9.22. The van der Waals surface area contributed by atoms with Crippen LogP contribution < -0.4 is 10.6 Å². The van der Waals surface area contributed by atoms with Gasteiger partial charge in [-0.15, -0.1) is 5.10 Å². The van der Waals surface area contributed by atoms with E-state index < -0.39 is 23.8 Å². The molecule has 1 unspecified atom stereocenters. The molecular formula is C8H12F3N5O. The number of hydrogen-bond acceptors (Lipinski definition) is 4. The Bertz CT molecular complexity index is 389. The molecule has 0 spiro atoms. The number of nitrogens with one attached hydrogen (secondary N) is 3. The number of H-pyrrole nitrogens is 1. The average molecular weight is 251 g/mol. The number of carbonyl (C=O) groups excluding carboxylic acids is 1.